The minimum absolute atomic E-state index is 0.220. The Labute approximate surface area is 104 Å². The van der Waals surface area contributed by atoms with Gasteiger partial charge in [0.1, 0.15) is 5.82 Å². The molecule has 1 saturated carbocycles. The van der Waals surface area contributed by atoms with E-state index in [4.69, 9.17) is 18.0 Å². The second-order valence-corrected chi connectivity index (χ2v) is 4.70. The fourth-order valence-electron chi connectivity index (χ4n) is 1.93. The average molecular weight is 252 g/mol. The lowest BCUT2D eigenvalue weighted by molar-refractivity contribution is -0.125. The van der Waals surface area contributed by atoms with Crippen LogP contribution >= 0.6 is 12.2 Å². The van der Waals surface area contributed by atoms with Gasteiger partial charge in [-0.25, -0.2) is 4.39 Å². The third kappa shape index (κ3) is 2.15. The molecule has 1 aliphatic carbocycles. The number of rotatable bonds is 3. The van der Waals surface area contributed by atoms with Crippen LogP contribution in [0.3, 0.4) is 0 Å². The number of nitrogens with one attached hydrogen (secondary N) is 1. The highest BCUT2D eigenvalue weighted by atomic mass is 32.1. The van der Waals surface area contributed by atoms with Crippen molar-refractivity contribution in [2.45, 2.75) is 19.3 Å². The fraction of sp³-hybridized carbons (Fsp3) is 0.333. The molecule has 3 nitrogen and oxygen atoms in total. The first-order valence-corrected chi connectivity index (χ1v) is 5.82. The number of hydrogen-bond donors (Lipinski definition) is 2. The van der Waals surface area contributed by atoms with Gasteiger partial charge in [0.25, 0.3) is 0 Å². The highest BCUT2D eigenvalue weighted by Crippen LogP contribution is 2.42. The molecule has 1 amide bonds. The van der Waals surface area contributed by atoms with Crippen LogP contribution in [-0.2, 0) is 4.79 Å². The Kier molecular flexibility index (Phi) is 3.11. The summed E-state index contributed by atoms with van der Waals surface area (Å²) in [7, 11) is 0. The summed E-state index contributed by atoms with van der Waals surface area (Å²) in [5.41, 5.74) is 5.31. The van der Waals surface area contributed by atoms with Crippen LogP contribution in [0.15, 0.2) is 24.3 Å². The van der Waals surface area contributed by atoms with Crippen LogP contribution in [0.5, 0.6) is 0 Å². The molecule has 0 spiro atoms. The number of halogens is 1. The molecule has 1 aliphatic rings. The van der Waals surface area contributed by atoms with E-state index in [0.29, 0.717) is 18.5 Å². The Hall–Kier alpha value is -1.49. The molecular formula is C12H13FN2OS. The van der Waals surface area contributed by atoms with Crippen molar-refractivity contribution in [2.24, 2.45) is 11.1 Å². The SMILES string of the molecule is NC(=S)C1(C(=O)Nc2cccc(F)c2)CCC1. The fourth-order valence-corrected chi connectivity index (χ4v) is 2.23. The van der Waals surface area contributed by atoms with Crippen molar-refractivity contribution in [3.8, 4) is 0 Å². The Morgan fingerprint density at radius 3 is 2.65 bits per heavy atom. The predicted molar refractivity (Wildman–Crippen MR) is 68.1 cm³/mol. The average Bonchev–Trinajstić information content (AvgIpc) is 2.14. The van der Waals surface area contributed by atoms with E-state index in [-0.39, 0.29) is 16.7 Å². The third-order valence-corrected chi connectivity index (χ3v) is 3.59. The zero-order valence-corrected chi connectivity index (χ0v) is 10.0. The van der Waals surface area contributed by atoms with Crippen molar-refractivity contribution in [2.75, 3.05) is 5.32 Å². The molecule has 17 heavy (non-hydrogen) atoms. The van der Waals surface area contributed by atoms with E-state index in [2.05, 4.69) is 5.32 Å². The Bertz CT molecular complexity index is 471. The maximum Gasteiger partial charge on any atom is 0.237 e. The summed E-state index contributed by atoms with van der Waals surface area (Å²) in [6.07, 6.45) is 2.28. The first kappa shape index (κ1) is 12.0. The van der Waals surface area contributed by atoms with E-state index in [0.717, 1.165) is 6.42 Å². The number of carbonyl (C=O) groups excluding carboxylic acids is 1. The predicted octanol–water partition coefficient (Wildman–Crippen LogP) is 2.22. The van der Waals surface area contributed by atoms with Crippen LogP contribution in [0.1, 0.15) is 19.3 Å². The molecule has 0 atom stereocenters. The van der Waals surface area contributed by atoms with Crippen molar-refractivity contribution in [1.82, 2.24) is 0 Å². The van der Waals surface area contributed by atoms with Gasteiger partial charge in [-0.1, -0.05) is 24.7 Å². The quantitative estimate of drug-likeness (QED) is 0.811. The summed E-state index contributed by atoms with van der Waals surface area (Å²) in [4.78, 5) is 12.3. The van der Waals surface area contributed by atoms with Crippen molar-refractivity contribution < 1.29 is 9.18 Å². The number of thiocarbonyl (C=S) groups is 1. The number of anilines is 1. The maximum atomic E-state index is 13.0. The van der Waals surface area contributed by atoms with Gasteiger partial charge in [0.15, 0.2) is 0 Å². The maximum absolute atomic E-state index is 13.0. The molecule has 0 aromatic heterocycles. The van der Waals surface area contributed by atoms with E-state index in [1.54, 1.807) is 12.1 Å². The molecule has 3 N–H and O–H groups in total. The number of nitrogens with two attached hydrogens (primary N) is 1. The second-order valence-electron chi connectivity index (χ2n) is 4.26. The Balaban J connectivity index is 2.14. The minimum Gasteiger partial charge on any atom is -0.392 e. The lowest BCUT2D eigenvalue weighted by Crippen LogP contribution is -2.50. The standard InChI is InChI=1S/C12H13FN2OS/c13-8-3-1-4-9(7-8)15-11(16)12(10(14)17)5-2-6-12/h1,3-4,7H,2,5-6H2,(H2,14,17)(H,15,16). The van der Waals surface area contributed by atoms with Gasteiger partial charge >= 0.3 is 0 Å². The summed E-state index contributed by atoms with van der Waals surface area (Å²) in [6, 6.07) is 5.76. The first-order chi connectivity index (χ1) is 8.04. The summed E-state index contributed by atoms with van der Waals surface area (Å²) >= 11 is 4.94. The lowest BCUT2D eigenvalue weighted by atomic mass is 9.68. The molecule has 0 radical (unpaired) electrons. The number of carbonyl (C=O) groups is 1. The van der Waals surface area contributed by atoms with Gasteiger partial charge in [-0.15, -0.1) is 0 Å². The molecule has 0 heterocycles. The molecule has 1 aromatic carbocycles. The van der Waals surface area contributed by atoms with E-state index in [1.807, 2.05) is 0 Å². The topological polar surface area (TPSA) is 55.1 Å². The van der Waals surface area contributed by atoms with E-state index < -0.39 is 5.41 Å². The molecule has 90 valence electrons. The highest BCUT2D eigenvalue weighted by molar-refractivity contribution is 7.80. The third-order valence-electron chi connectivity index (χ3n) is 3.20. The zero-order chi connectivity index (χ0) is 12.5. The molecular weight excluding hydrogens is 239 g/mol. The van der Waals surface area contributed by atoms with Gasteiger partial charge in [-0.2, -0.15) is 0 Å². The summed E-state index contributed by atoms with van der Waals surface area (Å²) in [6.45, 7) is 0. The van der Waals surface area contributed by atoms with Gasteiger partial charge in [-0.3, -0.25) is 4.79 Å². The van der Waals surface area contributed by atoms with Gasteiger partial charge in [0, 0.05) is 5.69 Å². The van der Waals surface area contributed by atoms with Crippen LogP contribution in [-0.4, -0.2) is 10.9 Å². The number of amides is 1. The zero-order valence-electron chi connectivity index (χ0n) is 9.20. The second kappa shape index (κ2) is 4.41. The summed E-state index contributed by atoms with van der Waals surface area (Å²) < 4.78 is 13.0. The normalized spacial score (nSPS) is 17.0. The lowest BCUT2D eigenvalue weighted by Gasteiger charge is -2.39. The monoisotopic (exact) mass is 252 g/mol. The molecule has 5 heteroatoms. The van der Waals surface area contributed by atoms with Crippen molar-refractivity contribution >= 4 is 28.8 Å². The van der Waals surface area contributed by atoms with Gasteiger partial charge in [0.2, 0.25) is 5.91 Å². The Morgan fingerprint density at radius 2 is 2.18 bits per heavy atom. The van der Waals surface area contributed by atoms with Gasteiger partial charge in [-0.05, 0) is 31.0 Å². The van der Waals surface area contributed by atoms with Crippen LogP contribution in [0.4, 0.5) is 10.1 Å². The minimum atomic E-state index is -0.734. The number of benzene rings is 1. The van der Waals surface area contributed by atoms with Crippen molar-refractivity contribution in [3.63, 3.8) is 0 Å². The van der Waals surface area contributed by atoms with E-state index >= 15 is 0 Å². The van der Waals surface area contributed by atoms with Crippen molar-refractivity contribution in [1.29, 1.82) is 0 Å². The molecule has 0 bridgehead atoms. The molecule has 2 rings (SSSR count). The van der Waals surface area contributed by atoms with Gasteiger partial charge in [0.05, 0.1) is 10.4 Å². The highest BCUT2D eigenvalue weighted by Gasteiger charge is 2.46. The van der Waals surface area contributed by atoms with E-state index in [1.165, 1.54) is 12.1 Å². The van der Waals surface area contributed by atoms with Crippen LogP contribution in [0.2, 0.25) is 0 Å². The van der Waals surface area contributed by atoms with Gasteiger partial charge < -0.3 is 11.1 Å². The molecule has 1 fully saturated rings. The largest absolute Gasteiger partial charge is 0.392 e. The smallest absolute Gasteiger partial charge is 0.237 e. The molecule has 0 saturated heterocycles. The number of hydrogen-bond acceptors (Lipinski definition) is 2. The van der Waals surface area contributed by atoms with Crippen LogP contribution in [0.25, 0.3) is 0 Å². The summed E-state index contributed by atoms with van der Waals surface area (Å²) in [5, 5.41) is 2.66. The summed E-state index contributed by atoms with van der Waals surface area (Å²) in [5.74, 6) is -0.623. The molecule has 0 unspecified atom stereocenters. The van der Waals surface area contributed by atoms with Crippen molar-refractivity contribution in [3.05, 3.63) is 30.1 Å². The van der Waals surface area contributed by atoms with E-state index in [9.17, 15) is 9.18 Å². The molecule has 0 aliphatic heterocycles. The first-order valence-electron chi connectivity index (χ1n) is 5.41. The van der Waals surface area contributed by atoms with Crippen LogP contribution in [0, 0.1) is 11.2 Å². The molecule has 1 aromatic rings. The Morgan fingerprint density at radius 1 is 1.47 bits per heavy atom. The van der Waals surface area contributed by atoms with Crippen LogP contribution < -0.4 is 11.1 Å².